The zero-order chi connectivity index (χ0) is 29.8. The minimum Gasteiger partial charge on any atom is -0.618 e. The van der Waals surface area contributed by atoms with Gasteiger partial charge in [0.15, 0.2) is 11.6 Å². The van der Waals surface area contributed by atoms with Crippen molar-refractivity contribution in [3.05, 3.63) is 101 Å². The Morgan fingerprint density at radius 3 is 2.49 bits per heavy atom. The van der Waals surface area contributed by atoms with Crippen LogP contribution in [-0.4, -0.2) is 74.5 Å². The number of carbonyl (C=O) groups is 2. The maximum atomic E-state index is 13.8. The number of pyridine rings is 1. The second-order valence-corrected chi connectivity index (χ2v) is 12.2. The summed E-state index contributed by atoms with van der Waals surface area (Å²) in [6.07, 6.45) is 1.10. The van der Waals surface area contributed by atoms with Crippen LogP contribution in [0.4, 0.5) is 8.78 Å². The SMILES string of the molecule is CN(C)C(=O)c1cccc(S(=O)(=O)N2CCSC2C(=O)OCC(OC(F)F)(c2ccccc2)c2cccc[n+]2[O-])c1. The first-order valence-corrected chi connectivity index (χ1v) is 14.8. The Morgan fingerprint density at radius 1 is 1.12 bits per heavy atom. The zero-order valence-electron chi connectivity index (χ0n) is 22.1. The van der Waals surface area contributed by atoms with Crippen LogP contribution >= 0.6 is 11.8 Å². The van der Waals surface area contributed by atoms with Crippen LogP contribution in [0.25, 0.3) is 0 Å². The summed E-state index contributed by atoms with van der Waals surface area (Å²) < 4.78 is 66.5. The molecule has 14 heteroatoms. The van der Waals surface area contributed by atoms with E-state index < -0.39 is 46.1 Å². The molecule has 1 amide bonds. The van der Waals surface area contributed by atoms with Gasteiger partial charge in [-0.05, 0) is 29.8 Å². The van der Waals surface area contributed by atoms with Gasteiger partial charge in [0.1, 0.15) is 6.61 Å². The van der Waals surface area contributed by atoms with Gasteiger partial charge in [-0.2, -0.15) is 17.8 Å². The first-order chi connectivity index (χ1) is 19.5. The van der Waals surface area contributed by atoms with Gasteiger partial charge in [0.25, 0.3) is 5.91 Å². The van der Waals surface area contributed by atoms with Crippen molar-refractivity contribution in [1.29, 1.82) is 0 Å². The second-order valence-electron chi connectivity index (χ2n) is 9.16. The molecular weight excluding hydrogens is 580 g/mol. The Labute approximate surface area is 240 Å². The lowest BCUT2D eigenvalue weighted by Crippen LogP contribution is -2.49. The summed E-state index contributed by atoms with van der Waals surface area (Å²) >= 11 is 0.996. The van der Waals surface area contributed by atoms with E-state index in [1.165, 1.54) is 73.6 Å². The van der Waals surface area contributed by atoms with Crippen molar-refractivity contribution in [2.45, 2.75) is 22.5 Å². The van der Waals surface area contributed by atoms with Gasteiger partial charge in [0.2, 0.25) is 21.3 Å². The standard InChI is InChI=1S/C27H27F2N3O7S2/c1-30(2)23(33)19-9-8-12-21(17-19)41(36,37)32-15-16-40-24(32)25(34)38-18-27(39-26(28)29,20-10-4-3-5-11-20)22-13-6-7-14-31(22)35/h3-14,17,24,26H,15-16,18H2,1-2H3. The average Bonchev–Trinajstić information content (AvgIpc) is 3.47. The number of thioether (sulfide) groups is 1. The molecule has 41 heavy (non-hydrogen) atoms. The van der Waals surface area contributed by atoms with Gasteiger partial charge >= 0.3 is 12.6 Å². The van der Waals surface area contributed by atoms with Crippen molar-refractivity contribution in [3.8, 4) is 0 Å². The molecule has 0 spiro atoms. The number of sulfonamides is 1. The lowest BCUT2D eigenvalue weighted by Gasteiger charge is -2.32. The van der Waals surface area contributed by atoms with Crippen molar-refractivity contribution < 1.29 is 41.0 Å². The molecule has 0 bridgehead atoms. The normalized spacial score (nSPS) is 17.2. The van der Waals surface area contributed by atoms with Gasteiger partial charge in [-0.25, -0.2) is 13.2 Å². The number of halogens is 2. The molecule has 1 aromatic heterocycles. The van der Waals surface area contributed by atoms with E-state index in [4.69, 9.17) is 9.47 Å². The van der Waals surface area contributed by atoms with Crippen LogP contribution in [0.3, 0.4) is 0 Å². The average molecular weight is 608 g/mol. The number of esters is 1. The fraction of sp³-hybridized carbons (Fsp3) is 0.296. The molecule has 3 aromatic rings. The molecule has 0 saturated carbocycles. The third-order valence-corrected chi connectivity index (χ3v) is 9.51. The number of amides is 1. The number of hydrogen-bond acceptors (Lipinski definition) is 8. The molecular formula is C27H27F2N3O7S2. The molecule has 2 atom stereocenters. The Balaban J connectivity index is 1.65. The Kier molecular flexibility index (Phi) is 9.27. The number of nitrogens with zero attached hydrogens (tertiary/aromatic N) is 3. The molecule has 0 radical (unpaired) electrons. The fourth-order valence-electron chi connectivity index (χ4n) is 4.38. The highest BCUT2D eigenvalue weighted by molar-refractivity contribution is 8.02. The zero-order valence-corrected chi connectivity index (χ0v) is 23.7. The molecule has 1 fully saturated rings. The topological polar surface area (TPSA) is 120 Å². The molecule has 2 unspecified atom stereocenters. The van der Waals surface area contributed by atoms with E-state index in [9.17, 15) is 32.0 Å². The molecule has 4 rings (SSSR count). The van der Waals surface area contributed by atoms with Crippen LogP contribution in [0, 0.1) is 5.21 Å². The smallest absolute Gasteiger partial charge is 0.346 e. The summed E-state index contributed by atoms with van der Waals surface area (Å²) in [5, 5.41) is 11.4. The third-order valence-electron chi connectivity index (χ3n) is 6.33. The van der Waals surface area contributed by atoms with Crippen molar-refractivity contribution in [3.63, 3.8) is 0 Å². The molecule has 1 aliphatic rings. The second kappa shape index (κ2) is 12.5. The van der Waals surface area contributed by atoms with Gasteiger partial charge in [-0.15, -0.1) is 11.8 Å². The van der Waals surface area contributed by atoms with E-state index in [0.29, 0.717) is 4.73 Å². The lowest BCUT2D eigenvalue weighted by molar-refractivity contribution is -0.623. The molecule has 0 N–H and O–H groups in total. The maximum Gasteiger partial charge on any atom is 0.346 e. The Hall–Kier alpha value is -3.59. The number of benzene rings is 2. The predicted octanol–water partition coefficient (Wildman–Crippen LogP) is 2.81. The predicted molar refractivity (Wildman–Crippen MR) is 145 cm³/mol. The Bertz CT molecular complexity index is 1510. The minimum absolute atomic E-state index is 0.0325. The van der Waals surface area contributed by atoms with Crippen molar-refractivity contribution in [1.82, 2.24) is 9.21 Å². The van der Waals surface area contributed by atoms with Crippen LogP contribution in [0.15, 0.2) is 83.9 Å². The minimum atomic E-state index is -4.26. The summed E-state index contributed by atoms with van der Waals surface area (Å²) in [6.45, 7) is -4.23. The summed E-state index contributed by atoms with van der Waals surface area (Å²) in [5.74, 6) is -1.17. The molecule has 10 nitrogen and oxygen atoms in total. The number of hydrogen-bond donors (Lipinski definition) is 0. The fourth-order valence-corrected chi connectivity index (χ4v) is 7.49. The molecule has 2 heterocycles. The van der Waals surface area contributed by atoms with E-state index in [1.807, 2.05) is 0 Å². The van der Waals surface area contributed by atoms with Gasteiger partial charge < -0.3 is 14.8 Å². The van der Waals surface area contributed by atoms with Crippen LogP contribution in [0.5, 0.6) is 0 Å². The first kappa shape index (κ1) is 30.4. The highest BCUT2D eigenvalue weighted by Gasteiger charge is 2.48. The number of carbonyl (C=O) groups excluding carboxylic acids is 2. The number of alkyl halides is 2. The Morgan fingerprint density at radius 2 is 1.83 bits per heavy atom. The highest BCUT2D eigenvalue weighted by atomic mass is 32.2. The van der Waals surface area contributed by atoms with Crippen LogP contribution in [-0.2, 0) is 29.9 Å². The van der Waals surface area contributed by atoms with Crippen LogP contribution in [0.2, 0.25) is 0 Å². The van der Waals surface area contributed by atoms with E-state index in [2.05, 4.69) is 0 Å². The highest BCUT2D eigenvalue weighted by Crippen LogP contribution is 2.36. The van der Waals surface area contributed by atoms with Crippen LogP contribution < -0.4 is 4.73 Å². The van der Waals surface area contributed by atoms with E-state index in [-0.39, 0.29) is 34.0 Å². The molecule has 2 aromatic carbocycles. The van der Waals surface area contributed by atoms with Gasteiger partial charge in [0.05, 0.1) is 4.90 Å². The van der Waals surface area contributed by atoms with Gasteiger partial charge in [0, 0.05) is 44.1 Å². The van der Waals surface area contributed by atoms with E-state index in [0.717, 1.165) is 22.3 Å². The first-order valence-electron chi connectivity index (χ1n) is 12.3. The monoisotopic (exact) mass is 607 g/mol. The van der Waals surface area contributed by atoms with Gasteiger partial charge in [-0.3, -0.25) is 9.53 Å². The molecule has 0 aliphatic carbocycles. The van der Waals surface area contributed by atoms with Crippen molar-refractivity contribution in [2.24, 2.45) is 0 Å². The number of rotatable bonds is 10. The number of ether oxygens (including phenoxy) is 2. The van der Waals surface area contributed by atoms with Crippen LogP contribution in [0.1, 0.15) is 21.6 Å². The summed E-state index contributed by atoms with van der Waals surface area (Å²) in [7, 11) is -1.20. The molecule has 1 aliphatic heterocycles. The summed E-state index contributed by atoms with van der Waals surface area (Å²) in [5.41, 5.74) is -2.20. The summed E-state index contributed by atoms with van der Waals surface area (Å²) in [6, 6.07) is 17.2. The van der Waals surface area contributed by atoms with Gasteiger partial charge in [-0.1, -0.05) is 36.4 Å². The van der Waals surface area contributed by atoms with E-state index in [1.54, 1.807) is 18.2 Å². The quantitative estimate of drug-likeness (QED) is 0.196. The largest absolute Gasteiger partial charge is 0.618 e. The van der Waals surface area contributed by atoms with Crippen molar-refractivity contribution in [2.75, 3.05) is 33.0 Å². The third kappa shape index (κ3) is 6.35. The molecule has 1 saturated heterocycles. The van der Waals surface area contributed by atoms with Crippen molar-refractivity contribution >= 4 is 33.7 Å². The van der Waals surface area contributed by atoms with E-state index >= 15 is 0 Å². The summed E-state index contributed by atoms with van der Waals surface area (Å²) in [4.78, 5) is 26.8. The lowest BCUT2D eigenvalue weighted by atomic mass is 9.90. The maximum absolute atomic E-state index is 13.8. The number of aromatic nitrogens is 1. The molecule has 218 valence electrons.